The topological polar surface area (TPSA) is 59.8 Å². The third-order valence-corrected chi connectivity index (χ3v) is 5.22. The molecule has 0 aliphatic heterocycles. The second-order valence-corrected chi connectivity index (χ2v) is 7.42. The molecule has 1 aromatic carbocycles. The quantitative estimate of drug-likeness (QED) is 0.708. The van der Waals surface area contributed by atoms with Crippen molar-refractivity contribution in [2.45, 2.75) is 20.4 Å². The molecule has 0 bridgehead atoms. The molecule has 0 spiro atoms. The lowest BCUT2D eigenvalue weighted by molar-refractivity contribution is 0.0950. The number of nitrogens with one attached hydrogen (secondary N) is 1. The van der Waals surface area contributed by atoms with E-state index in [-0.39, 0.29) is 11.8 Å². The van der Waals surface area contributed by atoms with E-state index in [1.165, 1.54) is 11.3 Å². The summed E-state index contributed by atoms with van der Waals surface area (Å²) in [6.07, 6.45) is 3.67. The Morgan fingerprint density at radius 3 is 2.80 bits per heavy atom. The second kappa shape index (κ2) is 7.80. The van der Waals surface area contributed by atoms with Crippen molar-refractivity contribution < 1.29 is 4.79 Å². The minimum atomic E-state index is -0.0810. The number of hydrogen-bond acceptors (Lipinski definition) is 4. The highest BCUT2D eigenvalue weighted by Crippen LogP contribution is 2.28. The molecule has 3 aromatic rings. The van der Waals surface area contributed by atoms with Crippen molar-refractivity contribution in [1.82, 2.24) is 20.1 Å². The first kappa shape index (κ1) is 17.6. The van der Waals surface area contributed by atoms with Crippen LogP contribution in [0, 0.1) is 12.8 Å². The highest BCUT2D eigenvalue weighted by Gasteiger charge is 2.17. The van der Waals surface area contributed by atoms with Crippen molar-refractivity contribution in [2.24, 2.45) is 5.92 Å². The summed E-state index contributed by atoms with van der Waals surface area (Å²) in [4.78, 5) is 17.7. The number of aryl methyl sites for hydroxylation is 1. The number of carbonyl (C=O) groups excluding carboxylic acids is 1. The molecule has 2 aromatic heterocycles. The first-order valence-electron chi connectivity index (χ1n) is 8.02. The van der Waals surface area contributed by atoms with Gasteiger partial charge in [0.05, 0.1) is 5.69 Å². The Kier molecular flexibility index (Phi) is 5.50. The monoisotopic (exact) mass is 374 g/mol. The lowest BCUT2D eigenvalue weighted by Gasteiger charge is -2.12. The van der Waals surface area contributed by atoms with Gasteiger partial charge < -0.3 is 5.32 Å². The second-order valence-electron chi connectivity index (χ2n) is 5.98. The fourth-order valence-corrected chi connectivity index (χ4v) is 3.58. The van der Waals surface area contributed by atoms with Crippen LogP contribution in [0.1, 0.15) is 22.3 Å². The van der Waals surface area contributed by atoms with E-state index in [2.05, 4.69) is 22.3 Å². The normalized spacial score (nSPS) is 12.1. The predicted molar refractivity (Wildman–Crippen MR) is 101 cm³/mol. The maximum Gasteiger partial charge on any atom is 0.263 e. The van der Waals surface area contributed by atoms with E-state index < -0.39 is 0 Å². The number of nitrogens with zero attached hydrogens (tertiary/aromatic N) is 3. The van der Waals surface area contributed by atoms with E-state index in [4.69, 9.17) is 11.6 Å². The fourth-order valence-electron chi connectivity index (χ4n) is 2.46. The van der Waals surface area contributed by atoms with Crippen LogP contribution in [0.5, 0.6) is 0 Å². The van der Waals surface area contributed by atoms with Gasteiger partial charge in [-0.2, -0.15) is 5.10 Å². The van der Waals surface area contributed by atoms with Gasteiger partial charge in [0, 0.05) is 36.1 Å². The van der Waals surface area contributed by atoms with Gasteiger partial charge in [-0.25, -0.2) is 4.98 Å². The van der Waals surface area contributed by atoms with E-state index in [1.54, 1.807) is 6.20 Å². The van der Waals surface area contributed by atoms with Crippen LogP contribution in [0.25, 0.3) is 10.6 Å². The van der Waals surface area contributed by atoms with E-state index in [1.807, 2.05) is 48.1 Å². The summed E-state index contributed by atoms with van der Waals surface area (Å²) in [6, 6.07) is 9.36. The van der Waals surface area contributed by atoms with Gasteiger partial charge in [-0.05, 0) is 31.0 Å². The van der Waals surface area contributed by atoms with Gasteiger partial charge in [-0.15, -0.1) is 11.3 Å². The Morgan fingerprint density at radius 1 is 1.36 bits per heavy atom. The van der Waals surface area contributed by atoms with Gasteiger partial charge >= 0.3 is 0 Å². The smallest absolute Gasteiger partial charge is 0.263 e. The van der Waals surface area contributed by atoms with Crippen LogP contribution < -0.4 is 5.32 Å². The summed E-state index contributed by atoms with van der Waals surface area (Å²) in [5.74, 6) is 0.204. The zero-order valence-corrected chi connectivity index (χ0v) is 15.6. The zero-order chi connectivity index (χ0) is 17.8. The summed E-state index contributed by atoms with van der Waals surface area (Å²) in [5.41, 5.74) is 1.70. The molecule has 3 rings (SSSR count). The lowest BCUT2D eigenvalue weighted by atomic mass is 10.2. The van der Waals surface area contributed by atoms with Crippen LogP contribution in [0.2, 0.25) is 5.02 Å². The van der Waals surface area contributed by atoms with Gasteiger partial charge in [0.1, 0.15) is 9.88 Å². The molecule has 1 unspecified atom stereocenters. The SMILES string of the molecule is Cc1nc(-c2ccc(Cl)cc2)sc1C(=O)NCC(C)Cn1cccn1. The number of aromatic nitrogens is 3. The molecular weight excluding hydrogens is 356 g/mol. The number of rotatable bonds is 6. The molecular formula is C18H19ClN4OS. The number of hydrogen-bond donors (Lipinski definition) is 1. The number of amides is 1. The van der Waals surface area contributed by atoms with E-state index in [0.717, 1.165) is 22.8 Å². The third-order valence-electron chi connectivity index (χ3n) is 3.76. The zero-order valence-electron chi connectivity index (χ0n) is 14.1. The summed E-state index contributed by atoms with van der Waals surface area (Å²) in [5, 5.41) is 8.69. The molecule has 1 N–H and O–H groups in total. The molecule has 1 amide bonds. The largest absolute Gasteiger partial charge is 0.351 e. The van der Waals surface area contributed by atoms with Crippen molar-refractivity contribution in [3.63, 3.8) is 0 Å². The average molecular weight is 375 g/mol. The minimum absolute atomic E-state index is 0.0810. The first-order chi connectivity index (χ1) is 12.0. The Balaban J connectivity index is 1.63. The van der Waals surface area contributed by atoms with Gasteiger partial charge in [0.25, 0.3) is 5.91 Å². The van der Waals surface area contributed by atoms with Crippen LogP contribution in [-0.2, 0) is 6.54 Å². The molecule has 0 saturated heterocycles. The highest BCUT2D eigenvalue weighted by molar-refractivity contribution is 7.17. The van der Waals surface area contributed by atoms with Crippen molar-refractivity contribution in [1.29, 1.82) is 0 Å². The first-order valence-corrected chi connectivity index (χ1v) is 9.21. The van der Waals surface area contributed by atoms with Gasteiger partial charge in [0.15, 0.2) is 0 Å². The van der Waals surface area contributed by atoms with Crippen molar-refractivity contribution >= 4 is 28.8 Å². The van der Waals surface area contributed by atoms with E-state index in [0.29, 0.717) is 16.4 Å². The lowest BCUT2D eigenvalue weighted by Crippen LogP contribution is -2.30. The Bertz CT molecular complexity index is 843. The molecule has 0 saturated carbocycles. The minimum Gasteiger partial charge on any atom is -0.351 e. The highest BCUT2D eigenvalue weighted by atomic mass is 35.5. The van der Waals surface area contributed by atoms with Crippen LogP contribution in [0.15, 0.2) is 42.7 Å². The van der Waals surface area contributed by atoms with Crippen molar-refractivity contribution in [3.05, 3.63) is 58.3 Å². The van der Waals surface area contributed by atoms with Crippen LogP contribution in [-0.4, -0.2) is 27.2 Å². The molecule has 7 heteroatoms. The molecule has 5 nitrogen and oxygen atoms in total. The maximum atomic E-state index is 12.5. The fraction of sp³-hybridized carbons (Fsp3) is 0.278. The Morgan fingerprint density at radius 2 is 2.12 bits per heavy atom. The van der Waals surface area contributed by atoms with Crippen LogP contribution in [0.3, 0.4) is 0 Å². The van der Waals surface area contributed by atoms with Gasteiger partial charge in [0.2, 0.25) is 0 Å². The molecule has 0 aliphatic rings. The molecule has 0 fully saturated rings. The summed E-state index contributed by atoms with van der Waals surface area (Å²) in [7, 11) is 0. The van der Waals surface area contributed by atoms with Crippen molar-refractivity contribution in [3.8, 4) is 10.6 Å². The molecule has 25 heavy (non-hydrogen) atoms. The third kappa shape index (κ3) is 4.46. The number of halogens is 1. The van der Waals surface area contributed by atoms with Crippen LogP contribution >= 0.6 is 22.9 Å². The summed E-state index contributed by atoms with van der Waals surface area (Å²) < 4.78 is 1.87. The number of benzene rings is 1. The molecule has 0 aliphatic carbocycles. The molecule has 2 heterocycles. The van der Waals surface area contributed by atoms with Crippen molar-refractivity contribution in [2.75, 3.05) is 6.54 Å². The maximum absolute atomic E-state index is 12.5. The average Bonchev–Trinajstić information content (AvgIpc) is 3.23. The summed E-state index contributed by atoms with van der Waals surface area (Å²) >= 11 is 7.32. The predicted octanol–water partition coefficient (Wildman–Crippen LogP) is 4.03. The van der Waals surface area contributed by atoms with Gasteiger partial charge in [-0.1, -0.05) is 30.7 Å². The van der Waals surface area contributed by atoms with E-state index >= 15 is 0 Å². The van der Waals surface area contributed by atoms with Crippen LogP contribution in [0.4, 0.5) is 0 Å². The molecule has 130 valence electrons. The molecule has 0 radical (unpaired) electrons. The molecule has 1 atom stereocenters. The standard InChI is InChI=1S/C18H19ClN4OS/c1-12(11-23-9-3-8-21-23)10-20-17(24)16-13(2)22-18(25-16)14-4-6-15(19)7-5-14/h3-9,12H,10-11H2,1-2H3,(H,20,24). The Hall–Kier alpha value is -2.18. The number of carbonyl (C=O) groups is 1. The Labute approximate surface area is 155 Å². The summed E-state index contributed by atoms with van der Waals surface area (Å²) in [6.45, 7) is 5.30. The van der Waals surface area contributed by atoms with Gasteiger partial charge in [-0.3, -0.25) is 9.48 Å². The van der Waals surface area contributed by atoms with E-state index in [9.17, 15) is 4.79 Å². The number of thiazole rings is 1.